The Kier molecular flexibility index (Phi) is 9.92. The number of rotatable bonds is 9. The maximum Gasteiger partial charge on any atom is 0.284 e. The van der Waals surface area contributed by atoms with Gasteiger partial charge in [0.2, 0.25) is 0 Å². The van der Waals surface area contributed by atoms with Crippen LogP contribution in [0.4, 0.5) is 0 Å². The van der Waals surface area contributed by atoms with E-state index in [9.17, 15) is 32.5 Å². The highest BCUT2D eigenvalue weighted by Gasteiger charge is 2.44. The minimum atomic E-state index is -5.08. The van der Waals surface area contributed by atoms with E-state index >= 15 is 0 Å². The van der Waals surface area contributed by atoms with Crippen molar-refractivity contribution in [3.8, 4) is 0 Å². The number of unbranched alkanes of at least 4 members (excludes halogenated alkanes) is 1. The van der Waals surface area contributed by atoms with Crippen LogP contribution in [0.3, 0.4) is 0 Å². The van der Waals surface area contributed by atoms with E-state index in [1.54, 1.807) is 0 Å². The lowest BCUT2D eigenvalue weighted by Crippen LogP contribution is -2.57. The Morgan fingerprint density at radius 1 is 1.27 bits per heavy atom. The highest BCUT2D eigenvalue weighted by atomic mass is 32.3. The molecule has 1 saturated heterocycles. The summed E-state index contributed by atoms with van der Waals surface area (Å²) in [5.41, 5.74) is -1.19. The topological polar surface area (TPSA) is 186 Å². The first kappa shape index (κ1) is 23.7. The van der Waals surface area contributed by atoms with Gasteiger partial charge in [0.15, 0.2) is 0 Å². The summed E-state index contributed by atoms with van der Waals surface area (Å²) in [6, 6.07) is 0. The van der Waals surface area contributed by atoms with Crippen LogP contribution in [0.1, 0.15) is 19.3 Å². The summed E-state index contributed by atoms with van der Waals surface area (Å²) in [7, 11) is -6.09. The number of oxime groups is 1. The quantitative estimate of drug-likeness (QED) is 0.0771. The van der Waals surface area contributed by atoms with Gasteiger partial charge in [0.05, 0.1) is 6.61 Å². The van der Waals surface area contributed by atoms with E-state index in [4.69, 9.17) is 9.84 Å². The molecule has 11 nitrogen and oxygen atoms in total. The first-order valence-corrected chi connectivity index (χ1v) is 11.5. The normalized spacial score (nSPS) is 31.6. The summed E-state index contributed by atoms with van der Waals surface area (Å²) < 4.78 is 51.9. The van der Waals surface area contributed by atoms with E-state index in [2.05, 4.69) is 9.44 Å². The predicted octanol–water partition coefficient (Wildman–Crippen LogP) is -2.14. The average molecular weight is 437 g/mol. The van der Waals surface area contributed by atoms with Crippen LogP contribution in [-0.4, -0.2) is 91.1 Å². The molecule has 1 heterocycles. The Morgan fingerprint density at radius 2 is 1.92 bits per heavy atom. The molecule has 0 radical (unpaired) electrons. The van der Waals surface area contributed by atoms with Crippen LogP contribution < -0.4 is 0 Å². The van der Waals surface area contributed by atoms with Crippen molar-refractivity contribution in [3.05, 3.63) is 0 Å². The van der Waals surface area contributed by atoms with Crippen molar-refractivity contribution in [2.45, 2.75) is 49.1 Å². The SMILES string of the molecule is CS(=O)CCCC/C(=N/OS(=O)(=O)[O-])S[C@@H]1O[C@H](CO)[C@@H](O)[C@H](O)[C@H]1O. The lowest BCUT2D eigenvalue weighted by atomic mass is 10.0. The third-order valence-corrected chi connectivity index (χ3v) is 5.70. The Bertz CT molecular complexity index is 596. The second-order valence-electron chi connectivity index (χ2n) is 5.52. The summed E-state index contributed by atoms with van der Waals surface area (Å²) >= 11 is 0.690. The predicted molar refractivity (Wildman–Crippen MR) is 92.4 cm³/mol. The minimum Gasteiger partial charge on any atom is -0.714 e. The molecule has 1 aliphatic heterocycles. The second-order valence-corrected chi connectivity index (χ2v) is 9.21. The van der Waals surface area contributed by atoms with Crippen LogP contribution in [0.5, 0.6) is 0 Å². The zero-order valence-electron chi connectivity index (χ0n) is 13.8. The highest BCUT2D eigenvalue weighted by molar-refractivity contribution is 8.14. The molecule has 0 saturated carbocycles. The first-order chi connectivity index (χ1) is 12.0. The Balaban J connectivity index is 2.80. The summed E-state index contributed by atoms with van der Waals surface area (Å²) in [6.07, 6.45) is -3.21. The molecule has 1 unspecified atom stereocenters. The lowest BCUT2D eigenvalue weighted by molar-refractivity contribution is -0.205. The Labute approximate surface area is 157 Å². The van der Waals surface area contributed by atoms with Crippen molar-refractivity contribution in [2.75, 3.05) is 18.6 Å². The van der Waals surface area contributed by atoms with Gasteiger partial charge in [-0.1, -0.05) is 16.9 Å². The number of hydrogen-bond donors (Lipinski definition) is 4. The molecule has 0 aromatic carbocycles. The van der Waals surface area contributed by atoms with E-state index in [0.717, 1.165) is 0 Å². The maximum atomic E-state index is 11.0. The van der Waals surface area contributed by atoms with Crippen LogP contribution >= 0.6 is 11.8 Å². The second kappa shape index (κ2) is 10.9. The number of thioether (sulfide) groups is 1. The molecule has 14 heteroatoms. The fourth-order valence-corrected chi connectivity index (χ4v) is 4.04. The molecule has 154 valence electrons. The monoisotopic (exact) mass is 436 g/mol. The minimum absolute atomic E-state index is 0.0179. The fraction of sp³-hybridized carbons (Fsp3) is 0.917. The van der Waals surface area contributed by atoms with Crippen molar-refractivity contribution >= 4 is 38.0 Å². The van der Waals surface area contributed by atoms with Crippen LogP contribution in [0, 0.1) is 0 Å². The van der Waals surface area contributed by atoms with Gasteiger partial charge in [0.1, 0.15) is 34.9 Å². The van der Waals surface area contributed by atoms with Crippen LogP contribution in [0.15, 0.2) is 5.16 Å². The van der Waals surface area contributed by atoms with Gasteiger partial charge in [-0.15, -0.1) is 0 Å². The molecule has 0 bridgehead atoms. The smallest absolute Gasteiger partial charge is 0.284 e. The standard InChI is InChI=1S/C12H23NO10S3/c1-25(18)5-3-2-4-8(13-23-26(19,20)21)24-12-11(17)10(16)9(15)7(6-14)22-12/h7,9-12,14-17H,2-6H2,1H3,(H,19,20,21)/p-1/b13-8-/t7-,9-,10+,11-,12+,25?/m1/s1. The molecular weight excluding hydrogens is 414 g/mol. The lowest BCUT2D eigenvalue weighted by Gasteiger charge is -2.39. The average Bonchev–Trinajstić information content (AvgIpc) is 2.55. The van der Waals surface area contributed by atoms with E-state index < -0.39 is 57.7 Å². The van der Waals surface area contributed by atoms with Crippen molar-refractivity contribution in [1.82, 2.24) is 0 Å². The van der Waals surface area contributed by atoms with E-state index in [-0.39, 0.29) is 11.5 Å². The van der Waals surface area contributed by atoms with E-state index in [1.165, 1.54) is 6.26 Å². The third-order valence-electron chi connectivity index (χ3n) is 3.40. The fourth-order valence-electron chi connectivity index (χ4n) is 2.09. The molecule has 0 aromatic heterocycles. The molecule has 0 aromatic rings. The summed E-state index contributed by atoms with van der Waals surface area (Å²) in [5, 5.41) is 41.9. The van der Waals surface area contributed by atoms with Crippen LogP contribution in [-0.2, 0) is 30.2 Å². The van der Waals surface area contributed by atoms with Gasteiger partial charge < -0.3 is 29.7 Å². The Hall–Kier alpha value is -0.320. The summed E-state index contributed by atoms with van der Waals surface area (Å²) in [4.78, 5) is 0. The molecule has 4 N–H and O–H groups in total. The van der Waals surface area contributed by atoms with Gasteiger partial charge in [-0.2, -0.15) is 8.42 Å². The van der Waals surface area contributed by atoms with Crippen molar-refractivity contribution < 1.29 is 46.6 Å². The van der Waals surface area contributed by atoms with Gasteiger partial charge in [-0.3, -0.25) is 8.49 Å². The third kappa shape index (κ3) is 8.14. The van der Waals surface area contributed by atoms with Crippen molar-refractivity contribution in [1.29, 1.82) is 0 Å². The highest BCUT2D eigenvalue weighted by Crippen LogP contribution is 2.30. The number of hydrogen-bond acceptors (Lipinski definition) is 12. The molecule has 0 spiro atoms. The summed E-state index contributed by atoms with van der Waals surface area (Å²) in [5.74, 6) is 0.415. The number of ether oxygens (including phenoxy) is 1. The van der Waals surface area contributed by atoms with Crippen molar-refractivity contribution in [2.24, 2.45) is 5.16 Å². The number of aliphatic hydroxyl groups is 4. The molecular formula is C12H22NO10S3-. The van der Waals surface area contributed by atoms with Crippen molar-refractivity contribution in [3.63, 3.8) is 0 Å². The van der Waals surface area contributed by atoms with Gasteiger partial charge in [-0.05, 0) is 19.3 Å². The molecule has 6 atom stereocenters. The Morgan fingerprint density at radius 3 is 2.46 bits per heavy atom. The molecule has 1 aliphatic rings. The van der Waals surface area contributed by atoms with Gasteiger partial charge in [0, 0.05) is 22.8 Å². The summed E-state index contributed by atoms with van der Waals surface area (Å²) in [6.45, 7) is -0.623. The van der Waals surface area contributed by atoms with Crippen LogP contribution in [0.25, 0.3) is 0 Å². The van der Waals surface area contributed by atoms with E-state index in [1.807, 2.05) is 0 Å². The number of aliphatic hydroxyl groups excluding tert-OH is 4. The number of nitrogens with zero attached hydrogens (tertiary/aromatic N) is 1. The maximum absolute atomic E-state index is 11.0. The zero-order valence-corrected chi connectivity index (χ0v) is 16.3. The van der Waals surface area contributed by atoms with Gasteiger partial charge >= 0.3 is 0 Å². The molecule has 0 aliphatic carbocycles. The molecule has 26 heavy (non-hydrogen) atoms. The zero-order chi connectivity index (χ0) is 19.9. The van der Waals surface area contributed by atoms with E-state index in [0.29, 0.717) is 30.4 Å². The van der Waals surface area contributed by atoms with Crippen LogP contribution in [0.2, 0.25) is 0 Å². The molecule has 1 rings (SSSR count). The largest absolute Gasteiger partial charge is 0.714 e. The molecule has 1 fully saturated rings. The molecule has 0 amide bonds. The van der Waals surface area contributed by atoms with Gasteiger partial charge in [0.25, 0.3) is 10.4 Å². The van der Waals surface area contributed by atoms with Gasteiger partial charge in [-0.25, -0.2) is 0 Å². The first-order valence-electron chi connectivity index (χ1n) is 7.53.